The van der Waals surface area contributed by atoms with Crippen LogP contribution >= 0.6 is 0 Å². The molecule has 1 saturated heterocycles. The van der Waals surface area contributed by atoms with E-state index in [0.717, 1.165) is 34.5 Å². The lowest BCUT2D eigenvalue weighted by Crippen LogP contribution is -2.54. The molecule has 6 rings (SSSR count). The summed E-state index contributed by atoms with van der Waals surface area (Å²) in [5.74, 6) is -5.77. The number of halogens is 3. The molecule has 278 valence electrons. The molecule has 4 aromatic rings. The number of hydrogen-bond donors (Lipinski definition) is 4. The quantitative estimate of drug-likeness (QED) is 0.169. The maximum absolute atomic E-state index is 15.5. The van der Waals surface area contributed by atoms with Crippen molar-refractivity contribution in [2.45, 2.75) is 51.9 Å². The first-order valence-electron chi connectivity index (χ1n) is 17.0. The minimum absolute atomic E-state index is 0.0226. The van der Waals surface area contributed by atoms with Gasteiger partial charge in [-0.05, 0) is 43.0 Å². The van der Waals surface area contributed by atoms with Gasteiger partial charge in [0.2, 0.25) is 17.2 Å². The minimum atomic E-state index is -1.62. The summed E-state index contributed by atoms with van der Waals surface area (Å²) in [6, 6.07) is 10.3. The second kappa shape index (κ2) is 15.0. The zero-order chi connectivity index (χ0) is 38.1. The molecule has 1 unspecified atom stereocenters. The third-order valence-corrected chi connectivity index (χ3v) is 9.40. The summed E-state index contributed by atoms with van der Waals surface area (Å²) < 4.78 is 50.3. The van der Waals surface area contributed by atoms with Crippen molar-refractivity contribution in [3.05, 3.63) is 99.6 Å². The number of alkyl carbamates (subject to hydrolysis) is 1. The van der Waals surface area contributed by atoms with E-state index in [1.165, 1.54) is 6.92 Å². The number of carbonyl (C=O) groups excluding carboxylic acids is 3. The molecule has 0 spiro atoms. The van der Waals surface area contributed by atoms with Crippen LogP contribution in [0.5, 0.6) is 0 Å². The molecule has 53 heavy (non-hydrogen) atoms. The van der Waals surface area contributed by atoms with E-state index in [1.54, 1.807) is 17.0 Å². The molecule has 2 aromatic heterocycles. The third kappa shape index (κ3) is 7.95. The number of aromatic carboxylic acids is 1. The predicted octanol–water partition coefficient (Wildman–Crippen LogP) is 3.90. The Morgan fingerprint density at radius 3 is 2.28 bits per heavy atom. The average Bonchev–Trinajstić information content (AvgIpc) is 3.52. The highest BCUT2D eigenvalue weighted by molar-refractivity contribution is 5.93. The lowest BCUT2D eigenvalue weighted by molar-refractivity contribution is -0.130. The number of aromatic nitrogens is 2. The van der Waals surface area contributed by atoms with E-state index < -0.39 is 69.8 Å². The SMILES string of the molecule is CC(C)C[C@H](NC(=O)[C@H](C)NC(=O)OCc1ccccc1)C(=O)NC1[C@H]2CN(c3nc4c(cc3F)c(=O)c(C(=O)O)cn4-c3ccc(F)cc3F)C[C@@H]12. The smallest absolute Gasteiger partial charge is 0.408 e. The number of ether oxygens (including phenoxy) is 1. The van der Waals surface area contributed by atoms with Crippen molar-refractivity contribution in [2.24, 2.45) is 17.8 Å². The Labute approximate surface area is 301 Å². The highest BCUT2D eigenvalue weighted by Gasteiger charge is 2.57. The zero-order valence-electron chi connectivity index (χ0n) is 28.9. The molecule has 1 saturated carbocycles. The number of piperidine rings is 1. The van der Waals surface area contributed by atoms with E-state index in [2.05, 4.69) is 20.9 Å². The first-order chi connectivity index (χ1) is 25.2. The highest BCUT2D eigenvalue weighted by atomic mass is 19.1. The van der Waals surface area contributed by atoms with Crippen LogP contribution < -0.4 is 26.3 Å². The van der Waals surface area contributed by atoms with Gasteiger partial charge >= 0.3 is 12.1 Å². The summed E-state index contributed by atoms with van der Waals surface area (Å²) in [7, 11) is 0. The van der Waals surface area contributed by atoms with Gasteiger partial charge in [0, 0.05) is 43.2 Å². The molecule has 0 bridgehead atoms. The number of fused-ring (bicyclic) bond motifs is 2. The summed E-state index contributed by atoms with van der Waals surface area (Å²) in [5.41, 5.74) is -1.52. The van der Waals surface area contributed by atoms with Crippen LogP contribution in [0.15, 0.2) is 65.6 Å². The number of carbonyl (C=O) groups is 4. The van der Waals surface area contributed by atoms with Crippen molar-refractivity contribution >= 4 is 40.7 Å². The number of carboxylic acid groups (broad SMARTS) is 1. The minimum Gasteiger partial charge on any atom is -0.477 e. The lowest BCUT2D eigenvalue weighted by Gasteiger charge is -2.25. The van der Waals surface area contributed by atoms with Crippen molar-refractivity contribution in [3.8, 4) is 5.69 Å². The van der Waals surface area contributed by atoms with Crippen molar-refractivity contribution < 1.29 is 42.2 Å². The Morgan fingerprint density at radius 2 is 1.64 bits per heavy atom. The number of nitrogens with one attached hydrogen (secondary N) is 3. The molecule has 1 aliphatic heterocycles. The van der Waals surface area contributed by atoms with Crippen LogP contribution in [-0.4, -0.2) is 69.7 Å². The fourth-order valence-electron chi connectivity index (χ4n) is 6.63. The number of anilines is 1. The fraction of sp³-hybridized carbons (Fsp3) is 0.351. The van der Waals surface area contributed by atoms with Crippen molar-refractivity contribution in [3.63, 3.8) is 0 Å². The Kier molecular flexibility index (Phi) is 10.4. The molecule has 5 atom stereocenters. The van der Waals surface area contributed by atoms with Gasteiger partial charge in [-0.2, -0.15) is 0 Å². The number of rotatable bonds is 12. The Morgan fingerprint density at radius 1 is 0.943 bits per heavy atom. The van der Waals surface area contributed by atoms with Crippen LogP contribution in [0.3, 0.4) is 0 Å². The van der Waals surface area contributed by atoms with Gasteiger partial charge in [-0.1, -0.05) is 44.2 Å². The predicted molar refractivity (Wildman–Crippen MR) is 186 cm³/mol. The van der Waals surface area contributed by atoms with Crippen LogP contribution in [0.1, 0.15) is 43.1 Å². The maximum Gasteiger partial charge on any atom is 0.408 e. The lowest BCUT2D eigenvalue weighted by atomic mass is 10.0. The van der Waals surface area contributed by atoms with Gasteiger partial charge < -0.3 is 30.7 Å². The standard InChI is InChI=1S/C37H37F3N6O7/c1-18(2)11-28(42-34(48)19(3)41-37(52)53-17-20-7-5-4-6-8-20)35(49)43-30-23-14-45(15-24(23)30)33-27(40)13-22-31(47)25(36(50)51)16-46(32(22)44-33)29-10-9-21(38)12-26(29)39/h4-10,12-13,16,18-19,23-24,28,30H,11,14-15,17H2,1-3H3,(H,41,52)(H,42,48)(H,43,49)(H,50,51)/t19-,23-,24+,28-,30?/m0/s1. The summed E-state index contributed by atoms with van der Waals surface area (Å²) in [4.78, 5) is 69.4. The first-order valence-corrected chi connectivity index (χ1v) is 17.0. The largest absolute Gasteiger partial charge is 0.477 e. The van der Waals surface area contributed by atoms with Crippen LogP contribution in [-0.2, 0) is 20.9 Å². The molecule has 16 heteroatoms. The van der Waals surface area contributed by atoms with Crippen LogP contribution in [0.4, 0.5) is 23.8 Å². The van der Waals surface area contributed by atoms with Gasteiger partial charge in [-0.25, -0.2) is 27.7 Å². The van der Waals surface area contributed by atoms with Gasteiger partial charge in [0.15, 0.2) is 17.3 Å². The van der Waals surface area contributed by atoms with E-state index in [4.69, 9.17) is 4.74 Å². The van der Waals surface area contributed by atoms with Gasteiger partial charge in [-0.15, -0.1) is 0 Å². The number of hydrogen-bond acceptors (Lipinski definition) is 8. The van der Waals surface area contributed by atoms with Crippen molar-refractivity contribution in [1.82, 2.24) is 25.5 Å². The molecule has 4 N–H and O–H groups in total. The molecule has 3 heterocycles. The van der Waals surface area contributed by atoms with Crippen LogP contribution in [0, 0.1) is 35.2 Å². The monoisotopic (exact) mass is 734 g/mol. The van der Waals surface area contributed by atoms with E-state index in [0.29, 0.717) is 12.5 Å². The number of nitrogens with zero attached hydrogens (tertiary/aromatic N) is 3. The maximum atomic E-state index is 15.5. The molecule has 3 amide bonds. The van der Waals surface area contributed by atoms with Crippen molar-refractivity contribution in [1.29, 1.82) is 0 Å². The second-order valence-electron chi connectivity index (χ2n) is 13.7. The summed E-state index contributed by atoms with van der Waals surface area (Å²) in [5, 5.41) is 17.4. The molecule has 1 aliphatic carbocycles. The number of pyridine rings is 2. The fourth-order valence-corrected chi connectivity index (χ4v) is 6.63. The molecule has 2 aliphatic rings. The van der Waals surface area contributed by atoms with Gasteiger partial charge in [0.1, 0.15) is 35.9 Å². The zero-order valence-corrected chi connectivity index (χ0v) is 28.9. The number of benzene rings is 2. The average molecular weight is 735 g/mol. The van der Waals surface area contributed by atoms with Crippen molar-refractivity contribution in [2.75, 3.05) is 18.0 Å². The third-order valence-electron chi connectivity index (χ3n) is 9.40. The molecular weight excluding hydrogens is 697 g/mol. The summed E-state index contributed by atoms with van der Waals surface area (Å²) in [6.07, 6.45) is 0.402. The van der Waals surface area contributed by atoms with Crippen LogP contribution in [0.25, 0.3) is 16.7 Å². The molecule has 2 fully saturated rings. The van der Waals surface area contributed by atoms with Crippen LogP contribution in [0.2, 0.25) is 0 Å². The van der Waals surface area contributed by atoms with E-state index in [9.17, 15) is 37.9 Å². The Hall–Kier alpha value is -5.93. The van der Waals surface area contributed by atoms with E-state index in [-0.39, 0.29) is 60.6 Å². The topological polar surface area (TPSA) is 172 Å². The molecule has 2 aromatic carbocycles. The van der Waals surface area contributed by atoms with Gasteiger partial charge in [-0.3, -0.25) is 19.0 Å². The van der Waals surface area contributed by atoms with Gasteiger partial charge in [0.25, 0.3) is 0 Å². The molecule has 0 radical (unpaired) electrons. The first kappa shape index (κ1) is 36.8. The molecule has 13 nitrogen and oxygen atoms in total. The second-order valence-corrected chi connectivity index (χ2v) is 13.7. The number of amides is 3. The van der Waals surface area contributed by atoms with Gasteiger partial charge in [0.05, 0.1) is 11.1 Å². The van der Waals surface area contributed by atoms with E-state index >= 15 is 4.39 Å². The molecular formula is C37H37F3N6O7. The van der Waals surface area contributed by atoms with E-state index in [1.807, 2.05) is 32.0 Å². The number of carboxylic acids is 1. The Bertz CT molecular complexity index is 2140. The highest BCUT2D eigenvalue weighted by Crippen LogP contribution is 2.47. The summed E-state index contributed by atoms with van der Waals surface area (Å²) in [6.45, 7) is 5.83. The normalized spacial score (nSPS) is 18.6. The Balaban J connectivity index is 1.12. The summed E-state index contributed by atoms with van der Waals surface area (Å²) >= 11 is 0.